The van der Waals surface area contributed by atoms with E-state index in [-0.39, 0.29) is 16.9 Å². The van der Waals surface area contributed by atoms with Crippen LogP contribution in [0.4, 0.5) is 0 Å². The second kappa shape index (κ2) is 9.30. The largest absolute Gasteiger partial charge is 0.481 e. The standard InChI is InChI=1S/C13H15NO5.C3H8O3S/c1-7(2)10(15)14-13(3)8(11(16)17)5-4-6-9(13)12(18)19;1-2-3-7(4,5)6/h4-6,8H,1H2,2-3H3,(H,14,15)(H,16,17)(H,18,19);2-3H2,1H3,(H,4,5,6). The minimum absolute atomic E-state index is 0.132. The van der Waals surface area contributed by atoms with Crippen LogP contribution in [0, 0.1) is 5.92 Å². The van der Waals surface area contributed by atoms with Gasteiger partial charge >= 0.3 is 11.9 Å². The van der Waals surface area contributed by atoms with E-state index in [4.69, 9.17) is 9.66 Å². The fraction of sp³-hybridized carbons (Fsp3) is 0.438. The van der Waals surface area contributed by atoms with Crippen molar-refractivity contribution in [3.63, 3.8) is 0 Å². The molecule has 1 aliphatic carbocycles. The number of hydrogen-bond acceptors (Lipinski definition) is 5. The molecule has 0 aromatic carbocycles. The first kappa shape index (κ1) is 23.5. The summed E-state index contributed by atoms with van der Waals surface area (Å²) in [6.07, 6.45) is 4.45. The van der Waals surface area contributed by atoms with Crippen LogP contribution in [-0.2, 0) is 24.5 Å². The number of carboxylic acid groups (broad SMARTS) is 2. The molecule has 0 aromatic rings. The van der Waals surface area contributed by atoms with Crippen molar-refractivity contribution in [3.05, 3.63) is 36.0 Å². The summed E-state index contributed by atoms with van der Waals surface area (Å²) in [5.74, 6) is -4.37. The van der Waals surface area contributed by atoms with Crippen LogP contribution in [0.25, 0.3) is 0 Å². The summed E-state index contributed by atoms with van der Waals surface area (Å²) in [6.45, 7) is 7.96. The van der Waals surface area contributed by atoms with E-state index in [1.54, 1.807) is 6.92 Å². The number of hydrogen-bond donors (Lipinski definition) is 4. The van der Waals surface area contributed by atoms with Crippen molar-refractivity contribution in [2.45, 2.75) is 32.7 Å². The molecule has 0 saturated carbocycles. The SMILES string of the molecule is C=C(C)C(=O)NC1(C)C(C(=O)O)=CC=CC1C(=O)O.CCCS(=O)(=O)O. The van der Waals surface area contributed by atoms with E-state index < -0.39 is 39.4 Å². The highest BCUT2D eigenvalue weighted by Crippen LogP contribution is 2.31. The van der Waals surface area contributed by atoms with Crippen molar-refractivity contribution in [1.29, 1.82) is 0 Å². The smallest absolute Gasteiger partial charge is 0.333 e. The second-order valence-electron chi connectivity index (χ2n) is 5.81. The molecular weight excluding hydrogens is 366 g/mol. The highest BCUT2D eigenvalue weighted by Gasteiger charge is 2.46. The number of carbonyl (C=O) groups excluding carboxylic acids is 1. The lowest BCUT2D eigenvalue weighted by molar-refractivity contribution is -0.142. The molecule has 9 nitrogen and oxygen atoms in total. The predicted molar refractivity (Wildman–Crippen MR) is 94.1 cm³/mol. The Hall–Kier alpha value is -2.46. The van der Waals surface area contributed by atoms with Gasteiger partial charge in [-0.05, 0) is 26.3 Å². The molecule has 0 aliphatic heterocycles. The summed E-state index contributed by atoms with van der Waals surface area (Å²) in [7, 11) is -3.67. The molecule has 0 heterocycles. The summed E-state index contributed by atoms with van der Waals surface area (Å²) >= 11 is 0. The zero-order valence-corrected chi connectivity index (χ0v) is 15.5. The van der Waals surface area contributed by atoms with Crippen molar-refractivity contribution in [1.82, 2.24) is 5.32 Å². The van der Waals surface area contributed by atoms with Crippen molar-refractivity contribution < 1.29 is 37.6 Å². The van der Waals surface area contributed by atoms with Crippen LogP contribution in [0.5, 0.6) is 0 Å². The van der Waals surface area contributed by atoms with E-state index in [0.29, 0.717) is 6.42 Å². The third-order valence-corrected chi connectivity index (χ3v) is 4.39. The van der Waals surface area contributed by atoms with Crippen molar-refractivity contribution >= 4 is 28.0 Å². The van der Waals surface area contributed by atoms with E-state index in [2.05, 4.69) is 11.9 Å². The molecule has 0 saturated heterocycles. The van der Waals surface area contributed by atoms with Gasteiger partial charge < -0.3 is 15.5 Å². The maximum atomic E-state index is 11.7. The average Bonchev–Trinajstić information content (AvgIpc) is 2.45. The quantitative estimate of drug-likeness (QED) is 0.387. The van der Waals surface area contributed by atoms with Crippen LogP contribution in [0.2, 0.25) is 0 Å². The number of carbonyl (C=O) groups is 3. The Bertz CT molecular complexity index is 750. The van der Waals surface area contributed by atoms with Crippen LogP contribution < -0.4 is 5.32 Å². The normalized spacial score (nSPS) is 21.7. The maximum Gasteiger partial charge on any atom is 0.333 e. The van der Waals surface area contributed by atoms with E-state index in [1.165, 1.54) is 32.1 Å². The summed E-state index contributed by atoms with van der Waals surface area (Å²) in [5.41, 5.74) is -1.54. The first-order chi connectivity index (χ1) is 11.8. The van der Waals surface area contributed by atoms with Gasteiger partial charge in [-0.15, -0.1) is 0 Å². The fourth-order valence-corrected chi connectivity index (χ4v) is 2.68. The van der Waals surface area contributed by atoms with Gasteiger partial charge in [0.25, 0.3) is 10.1 Å². The Morgan fingerprint density at radius 3 is 2.15 bits per heavy atom. The molecule has 1 rings (SSSR count). The molecule has 1 aliphatic rings. The van der Waals surface area contributed by atoms with E-state index in [0.717, 1.165) is 0 Å². The lowest BCUT2D eigenvalue weighted by atomic mass is 9.75. The molecule has 0 radical (unpaired) electrons. The zero-order chi connectivity index (χ0) is 20.7. The molecule has 26 heavy (non-hydrogen) atoms. The average molecular weight is 389 g/mol. The first-order valence-electron chi connectivity index (χ1n) is 7.54. The molecule has 146 valence electrons. The predicted octanol–water partition coefficient (Wildman–Crippen LogP) is 1.00. The van der Waals surface area contributed by atoms with E-state index >= 15 is 0 Å². The molecule has 0 aromatic heterocycles. The Morgan fingerprint density at radius 1 is 1.31 bits per heavy atom. The van der Waals surface area contributed by atoms with Crippen molar-refractivity contribution in [2.75, 3.05) is 5.75 Å². The Morgan fingerprint density at radius 2 is 1.85 bits per heavy atom. The highest BCUT2D eigenvalue weighted by molar-refractivity contribution is 7.85. The van der Waals surface area contributed by atoms with E-state index in [9.17, 15) is 27.9 Å². The van der Waals surface area contributed by atoms with Gasteiger partial charge in [0.15, 0.2) is 0 Å². The topological polar surface area (TPSA) is 158 Å². The Labute approximate surface area is 151 Å². The van der Waals surface area contributed by atoms with Gasteiger partial charge in [0.05, 0.1) is 16.9 Å². The van der Waals surface area contributed by atoms with Gasteiger partial charge in [0, 0.05) is 5.57 Å². The van der Waals surface area contributed by atoms with Crippen LogP contribution in [0.3, 0.4) is 0 Å². The second-order valence-corrected chi connectivity index (χ2v) is 7.38. The molecule has 2 unspecified atom stereocenters. The number of aliphatic carboxylic acids is 2. The molecular formula is C16H23NO8S. The van der Waals surface area contributed by atoms with Crippen LogP contribution in [-0.4, -0.2) is 52.3 Å². The number of rotatable bonds is 6. The molecule has 10 heteroatoms. The van der Waals surface area contributed by atoms with Crippen molar-refractivity contribution in [2.24, 2.45) is 5.92 Å². The third kappa shape index (κ3) is 6.81. The van der Waals surface area contributed by atoms with Gasteiger partial charge in [0.2, 0.25) is 5.91 Å². The third-order valence-electron chi connectivity index (χ3n) is 3.47. The number of carboxylic acids is 2. The summed E-state index contributed by atoms with van der Waals surface area (Å²) < 4.78 is 27.6. The number of nitrogens with one attached hydrogen (secondary N) is 1. The van der Waals surface area contributed by atoms with Gasteiger partial charge in [-0.25, -0.2) is 4.79 Å². The molecule has 1 amide bonds. The van der Waals surface area contributed by atoms with Crippen LogP contribution in [0.1, 0.15) is 27.2 Å². The first-order valence-corrected chi connectivity index (χ1v) is 9.15. The van der Waals surface area contributed by atoms with Gasteiger partial charge in [-0.2, -0.15) is 8.42 Å². The zero-order valence-electron chi connectivity index (χ0n) is 14.7. The summed E-state index contributed by atoms with van der Waals surface area (Å²) in [5, 5.41) is 20.8. The highest BCUT2D eigenvalue weighted by atomic mass is 32.2. The lowest BCUT2D eigenvalue weighted by Crippen LogP contribution is -2.57. The van der Waals surface area contributed by atoms with E-state index in [1.807, 2.05) is 0 Å². The minimum Gasteiger partial charge on any atom is -0.481 e. The van der Waals surface area contributed by atoms with Crippen LogP contribution in [0.15, 0.2) is 36.0 Å². The van der Waals surface area contributed by atoms with Crippen molar-refractivity contribution in [3.8, 4) is 0 Å². The van der Waals surface area contributed by atoms with Gasteiger partial charge in [-0.1, -0.05) is 25.7 Å². The Balaban J connectivity index is 0.000000758. The monoisotopic (exact) mass is 389 g/mol. The van der Waals surface area contributed by atoms with Gasteiger partial charge in [0.1, 0.15) is 5.92 Å². The molecule has 0 spiro atoms. The summed E-state index contributed by atoms with van der Waals surface area (Å²) in [6, 6.07) is 0. The van der Waals surface area contributed by atoms with Crippen LogP contribution >= 0.6 is 0 Å². The fourth-order valence-electron chi connectivity index (χ4n) is 2.16. The lowest BCUT2D eigenvalue weighted by Gasteiger charge is -2.37. The molecule has 0 fully saturated rings. The number of amides is 1. The Kier molecular flexibility index (Phi) is 8.42. The number of allylic oxidation sites excluding steroid dienone is 2. The van der Waals surface area contributed by atoms with Gasteiger partial charge in [-0.3, -0.25) is 14.1 Å². The molecule has 0 bridgehead atoms. The minimum atomic E-state index is -3.67. The maximum absolute atomic E-state index is 11.7. The molecule has 4 N–H and O–H groups in total. The summed E-state index contributed by atoms with van der Waals surface area (Å²) in [4.78, 5) is 34.2. The molecule has 2 atom stereocenters.